The minimum atomic E-state index is -0.359. The summed E-state index contributed by atoms with van der Waals surface area (Å²) in [4.78, 5) is 13.1. The first-order valence-corrected chi connectivity index (χ1v) is 4.58. The van der Waals surface area contributed by atoms with Gasteiger partial charge in [-0.1, -0.05) is 18.2 Å². The van der Waals surface area contributed by atoms with Crippen LogP contribution in [0, 0.1) is 0 Å². The summed E-state index contributed by atoms with van der Waals surface area (Å²) in [5, 5.41) is 2.43. The number of hydrogen-bond donors (Lipinski definition) is 1. The molecular weight excluding hydrogens is 192 g/mol. The number of carbonyl (C=O) groups is 1. The zero-order chi connectivity index (χ0) is 11.5. The molecule has 0 aliphatic rings. The molecule has 1 aromatic rings. The minimum absolute atomic E-state index is 0.359. The smallest absolute Gasteiger partial charge is 0.340 e. The zero-order valence-corrected chi connectivity index (χ0v) is 9.06. The maximum Gasteiger partial charge on any atom is 0.340 e. The van der Waals surface area contributed by atoms with Gasteiger partial charge in [0.05, 0.1) is 7.11 Å². The van der Waals surface area contributed by atoms with Gasteiger partial charge in [-0.05, 0) is 25.8 Å². The number of nitrogens with one attached hydrogen (secondary N) is 1. The van der Waals surface area contributed by atoms with Crippen LogP contribution < -0.4 is 10.1 Å². The van der Waals surface area contributed by atoms with Crippen molar-refractivity contribution in [2.45, 2.75) is 6.92 Å². The standard InChI is InChI=1S/C7H8O.C4H8N2O/c1-8-7-5-3-2-4-6-7;1-3-6-4(7)5-2/h2-6H,1H3;2-3H2,1H3,(H,6,7). The average molecular weight is 208 g/mol. The fraction of sp³-hybridized carbons (Fsp3) is 0.273. The molecular formula is C11H16N2O2. The van der Waals surface area contributed by atoms with Gasteiger partial charge in [-0.15, -0.1) is 0 Å². The average Bonchev–Trinajstić information content (AvgIpc) is 2.31. The molecule has 82 valence electrons. The molecule has 0 bridgehead atoms. The monoisotopic (exact) mass is 208 g/mol. The van der Waals surface area contributed by atoms with Gasteiger partial charge >= 0.3 is 6.03 Å². The van der Waals surface area contributed by atoms with Crippen molar-refractivity contribution < 1.29 is 9.53 Å². The number of ether oxygens (including phenoxy) is 1. The van der Waals surface area contributed by atoms with Gasteiger partial charge in [0, 0.05) is 6.54 Å². The predicted octanol–water partition coefficient (Wildman–Crippen LogP) is 2.11. The van der Waals surface area contributed by atoms with Gasteiger partial charge in [-0.3, -0.25) is 0 Å². The summed E-state index contributed by atoms with van der Waals surface area (Å²) in [5.74, 6) is 0.910. The van der Waals surface area contributed by atoms with Crippen LogP contribution in [0.5, 0.6) is 5.75 Å². The second-order valence-electron chi connectivity index (χ2n) is 2.51. The third-order valence-electron chi connectivity index (χ3n) is 1.45. The van der Waals surface area contributed by atoms with Crippen LogP contribution in [0.3, 0.4) is 0 Å². The van der Waals surface area contributed by atoms with E-state index in [2.05, 4.69) is 17.0 Å². The normalized spacial score (nSPS) is 8.13. The Bertz CT molecular complexity index is 286. The van der Waals surface area contributed by atoms with Crippen LogP contribution in [-0.2, 0) is 0 Å². The maximum absolute atomic E-state index is 10.1. The summed E-state index contributed by atoms with van der Waals surface area (Å²) in [7, 11) is 1.66. The Balaban J connectivity index is 0.000000265. The van der Waals surface area contributed by atoms with Crippen LogP contribution in [0.1, 0.15) is 6.92 Å². The number of nitrogens with zero attached hydrogens (tertiary/aromatic N) is 1. The molecule has 0 saturated carbocycles. The summed E-state index contributed by atoms with van der Waals surface area (Å²) >= 11 is 0. The molecule has 0 unspecified atom stereocenters. The third-order valence-corrected chi connectivity index (χ3v) is 1.45. The number of hydrogen-bond acceptors (Lipinski definition) is 2. The number of amides is 2. The van der Waals surface area contributed by atoms with E-state index in [1.165, 1.54) is 0 Å². The summed E-state index contributed by atoms with van der Waals surface area (Å²) < 4.78 is 4.91. The van der Waals surface area contributed by atoms with Crippen molar-refractivity contribution in [3.05, 3.63) is 30.3 Å². The highest BCUT2D eigenvalue weighted by Crippen LogP contribution is 2.05. The van der Waals surface area contributed by atoms with Gasteiger partial charge in [0.1, 0.15) is 5.75 Å². The molecule has 0 atom stereocenters. The number of methoxy groups -OCH3 is 1. The maximum atomic E-state index is 10.1. The van der Waals surface area contributed by atoms with E-state index < -0.39 is 0 Å². The van der Waals surface area contributed by atoms with Crippen LogP contribution in [0.25, 0.3) is 0 Å². The van der Waals surface area contributed by atoms with E-state index in [0.29, 0.717) is 6.54 Å². The minimum Gasteiger partial charge on any atom is -0.497 e. The summed E-state index contributed by atoms with van der Waals surface area (Å²) in [6.07, 6.45) is 0. The number of benzene rings is 1. The van der Waals surface area contributed by atoms with E-state index in [0.717, 1.165) is 5.75 Å². The number of aliphatic imine (C=N–C) groups is 1. The highest BCUT2D eigenvalue weighted by Gasteiger charge is 1.85. The Hall–Kier alpha value is -1.84. The number of carbonyl (C=O) groups excluding carboxylic acids is 1. The van der Waals surface area contributed by atoms with Crippen LogP contribution in [-0.4, -0.2) is 26.4 Å². The lowest BCUT2D eigenvalue weighted by atomic mass is 10.3. The zero-order valence-electron chi connectivity index (χ0n) is 9.06. The first kappa shape index (κ1) is 13.2. The van der Waals surface area contributed by atoms with Gasteiger partial charge in [-0.2, -0.15) is 0 Å². The van der Waals surface area contributed by atoms with Crippen LogP contribution in [0.4, 0.5) is 4.79 Å². The lowest BCUT2D eigenvalue weighted by molar-refractivity contribution is 0.250. The highest BCUT2D eigenvalue weighted by atomic mass is 16.5. The molecule has 15 heavy (non-hydrogen) atoms. The highest BCUT2D eigenvalue weighted by molar-refractivity contribution is 5.78. The van der Waals surface area contributed by atoms with Gasteiger partial charge in [0.25, 0.3) is 0 Å². The van der Waals surface area contributed by atoms with Crippen molar-refractivity contribution in [3.8, 4) is 5.75 Å². The Labute approximate surface area is 90.0 Å². The SMILES string of the molecule is C=NC(=O)NCC.COc1ccccc1. The van der Waals surface area contributed by atoms with Crippen molar-refractivity contribution in [1.82, 2.24) is 5.32 Å². The number of rotatable bonds is 2. The summed E-state index contributed by atoms with van der Waals surface area (Å²) in [6.45, 7) is 5.45. The first-order chi connectivity index (χ1) is 7.24. The van der Waals surface area contributed by atoms with Crippen molar-refractivity contribution >= 4 is 12.7 Å². The largest absolute Gasteiger partial charge is 0.497 e. The molecule has 0 heterocycles. The topological polar surface area (TPSA) is 50.7 Å². The lowest BCUT2D eigenvalue weighted by Crippen LogP contribution is -2.17. The van der Waals surface area contributed by atoms with E-state index in [4.69, 9.17) is 4.74 Å². The summed E-state index contributed by atoms with van der Waals surface area (Å²) in [6, 6.07) is 9.32. The van der Waals surface area contributed by atoms with Crippen molar-refractivity contribution in [3.63, 3.8) is 0 Å². The molecule has 1 N–H and O–H groups in total. The van der Waals surface area contributed by atoms with E-state index in [1.807, 2.05) is 37.3 Å². The van der Waals surface area contributed by atoms with Crippen LogP contribution in [0.2, 0.25) is 0 Å². The molecule has 0 aliphatic carbocycles. The second kappa shape index (κ2) is 8.74. The third kappa shape index (κ3) is 7.25. The fourth-order valence-corrected chi connectivity index (χ4v) is 0.764. The molecule has 0 spiro atoms. The molecule has 0 saturated heterocycles. The molecule has 0 aromatic heterocycles. The Morgan fingerprint density at radius 2 is 2.07 bits per heavy atom. The molecule has 0 radical (unpaired) electrons. The van der Waals surface area contributed by atoms with Crippen molar-refractivity contribution in [1.29, 1.82) is 0 Å². The van der Waals surface area contributed by atoms with Gasteiger partial charge < -0.3 is 10.1 Å². The number of urea groups is 1. The predicted molar refractivity (Wildman–Crippen MR) is 61.6 cm³/mol. The quantitative estimate of drug-likeness (QED) is 0.757. The number of para-hydroxylation sites is 1. The molecule has 0 fully saturated rings. The molecule has 4 heteroatoms. The van der Waals surface area contributed by atoms with Gasteiger partial charge in [0.15, 0.2) is 0 Å². The van der Waals surface area contributed by atoms with Crippen molar-refractivity contribution in [2.24, 2.45) is 4.99 Å². The van der Waals surface area contributed by atoms with Gasteiger partial charge in [-0.25, -0.2) is 9.79 Å². The first-order valence-electron chi connectivity index (χ1n) is 4.58. The fourth-order valence-electron chi connectivity index (χ4n) is 0.764. The molecule has 1 aromatic carbocycles. The Morgan fingerprint density at radius 3 is 2.33 bits per heavy atom. The van der Waals surface area contributed by atoms with E-state index >= 15 is 0 Å². The molecule has 2 amide bonds. The Morgan fingerprint density at radius 1 is 1.47 bits per heavy atom. The van der Waals surface area contributed by atoms with Crippen LogP contribution >= 0.6 is 0 Å². The molecule has 0 aliphatic heterocycles. The van der Waals surface area contributed by atoms with E-state index in [1.54, 1.807) is 7.11 Å². The second-order valence-corrected chi connectivity index (χ2v) is 2.51. The van der Waals surface area contributed by atoms with Crippen LogP contribution in [0.15, 0.2) is 35.3 Å². The Kier molecular flexibility index (Phi) is 7.67. The van der Waals surface area contributed by atoms with E-state index in [9.17, 15) is 4.79 Å². The molecule has 1 rings (SSSR count). The van der Waals surface area contributed by atoms with Crippen molar-refractivity contribution in [2.75, 3.05) is 13.7 Å². The van der Waals surface area contributed by atoms with Gasteiger partial charge in [0.2, 0.25) is 0 Å². The lowest BCUT2D eigenvalue weighted by Gasteiger charge is -1.93. The van der Waals surface area contributed by atoms with E-state index in [-0.39, 0.29) is 6.03 Å². The molecule has 4 nitrogen and oxygen atoms in total. The summed E-state index contributed by atoms with van der Waals surface area (Å²) in [5.41, 5.74) is 0.